The van der Waals surface area contributed by atoms with Gasteiger partial charge in [-0.15, -0.1) is 0 Å². The van der Waals surface area contributed by atoms with E-state index in [-0.39, 0.29) is 32.2 Å². The number of carbonyl (C=O) groups excluding carboxylic acids is 1. The highest BCUT2D eigenvalue weighted by molar-refractivity contribution is 7.45. The van der Waals surface area contributed by atoms with Gasteiger partial charge in [-0.2, -0.15) is 0 Å². The minimum atomic E-state index is -4.54. The van der Waals surface area contributed by atoms with Crippen LogP contribution in [0.5, 0.6) is 0 Å². The molecule has 0 rings (SSSR count). The van der Waals surface area contributed by atoms with Crippen LogP contribution in [0, 0.1) is 0 Å². The van der Waals surface area contributed by atoms with E-state index in [2.05, 4.69) is 86.8 Å². The van der Waals surface area contributed by atoms with E-state index >= 15 is 0 Å². The lowest BCUT2D eigenvalue weighted by molar-refractivity contribution is -0.870. The Balaban J connectivity index is 4.31. The molecule has 0 saturated carbocycles. The van der Waals surface area contributed by atoms with Crippen LogP contribution >= 0.6 is 7.82 Å². The molecule has 0 fully saturated rings. The maximum atomic E-state index is 12.7. The minimum Gasteiger partial charge on any atom is -0.756 e. The number of phosphoric acid groups is 1. The smallest absolute Gasteiger partial charge is 0.306 e. The molecule has 0 amide bonds. The molecule has 0 heterocycles. The maximum Gasteiger partial charge on any atom is 0.306 e. The number of phosphoric ester groups is 1. The molecule has 0 aromatic carbocycles. The molecular formula is C49H88NO7P. The van der Waals surface area contributed by atoms with Crippen molar-refractivity contribution in [2.75, 3.05) is 54.1 Å². The number of rotatable bonds is 42. The number of unbranched alkanes of at least 4 members (excludes halogenated alkanes) is 16. The Morgan fingerprint density at radius 3 is 1.52 bits per heavy atom. The Morgan fingerprint density at radius 1 is 0.552 bits per heavy atom. The van der Waals surface area contributed by atoms with Crippen molar-refractivity contribution in [1.29, 1.82) is 0 Å². The van der Waals surface area contributed by atoms with E-state index in [1.807, 2.05) is 21.1 Å². The summed E-state index contributed by atoms with van der Waals surface area (Å²) in [6.07, 6.45) is 53.4. The van der Waals surface area contributed by atoms with Gasteiger partial charge >= 0.3 is 5.97 Å². The molecular weight excluding hydrogens is 746 g/mol. The summed E-state index contributed by atoms with van der Waals surface area (Å²) in [5, 5.41) is 0. The summed E-state index contributed by atoms with van der Waals surface area (Å²) in [5.74, 6) is -0.369. The number of esters is 1. The zero-order chi connectivity index (χ0) is 42.7. The third-order valence-electron chi connectivity index (χ3n) is 9.49. The first-order valence-corrected chi connectivity index (χ1v) is 24.6. The number of ether oxygens (including phenoxy) is 2. The van der Waals surface area contributed by atoms with Gasteiger partial charge in [0, 0.05) is 13.0 Å². The molecule has 0 bridgehead atoms. The Bertz CT molecular complexity index is 1150. The molecule has 0 aromatic heterocycles. The number of hydrogen-bond acceptors (Lipinski definition) is 7. The zero-order valence-electron chi connectivity index (χ0n) is 38.0. The average Bonchev–Trinajstić information content (AvgIpc) is 3.18. The third kappa shape index (κ3) is 45.0. The van der Waals surface area contributed by atoms with Crippen LogP contribution in [-0.2, 0) is 27.9 Å². The van der Waals surface area contributed by atoms with Crippen molar-refractivity contribution in [2.24, 2.45) is 0 Å². The fourth-order valence-corrected chi connectivity index (χ4v) is 6.65. The van der Waals surface area contributed by atoms with Gasteiger partial charge in [0.1, 0.15) is 19.3 Å². The van der Waals surface area contributed by atoms with Crippen molar-refractivity contribution >= 4 is 13.8 Å². The van der Waals surface area contributed by atoms with Crippen molar-refractivity contribution in [3.63, 3.8) is 0 Å². The second kappa shape index (κ2) is 41.7. The molecule has 8 nitrogen and oxygen atoms in total. The SMILES string of the molecule is CC/C=C\C/C=C\C/C=C\C/C=C\C/C=C\CCCCCC(=O)OC(COCCCCCCCC/C=C\CCCCCCCCC)COP(=O)([O-])OCC[N+](C)(C)C. The van der Waals surface area contributed by atoms with Crippen LogP contribution in [0.25, 0.3) is 0 Å². The van der Waals surface area contributed by atoms with Crippen LogP contribution in [-0.4, -0.2) is 70.7 Å². The Hall–Kier alpha value is -2.06. The molecule has 0 aliphatic heterocycles. The second-order valence-electron chi connectivity index (χ2n) is 16.4. The van der Waals surface area contributed by atoms with Crippen LogP contribution in [0.3, 0.4) is 0 Å². The molecule has 0 aliphatic rings. The van der Waals surface area contributed by atoms with Crippen LogP contribution in [0.2, 0.25) is 0 Å². The third-order valence-corrected chi connectivity index (χ3v) is 10.5. The highest BCUT2D eigenvalue weighted by Crippen LogP contribution is 2.38. The van der Waals surface area contributed by atoms with Crippen LogP contribution < -0.4 is 4.89 Å². The Labute approximate surface area is 357 Å². The summed E-state index contributed by atoms with van der Waals surface area (Å²) in [6, 6.07) is 0. The molecule has 0 radical (unpaired) electrons. The number of nitrogens with zero attached hydrogens (tertiary/aromatic N) is 1. The Morgan fingerprint density at radius 2 is 1.00 bits per heavy atom. The number of carbonyl (C=O) groups is 1. The molecule has 0 aromatic rings. The molecule has 58 heavy (non-hydrogen) atoms. The number of likely N-dealkylation sites (N-methyl/N-ethyl adjacent to an activating group) is 1. The number of allylic oxidation sites excluding steroid dienone is 12. The lowest BCUT2D eigenvalue weighted by Gasteiger charge is -2.28. The minimum absolute atomic E-state index is 0.0147. The molecule has 0 aliphatic carbocycles. The molecule has 0 N–H and O–H groups in total. The fraction of sp³-hybridized carbons (Fsp3) is 0.735. The van der Waals surface area contributed by atoms with Gasteiger partial charge in [-0.1, -0.05) is 157 Å². The normalized spacial score (nSPS) is 14.4. The average molecular weight is 834 g/mol. The van der Waals surface area contributed by atoms with Gasteiger partial charge in [-0.05, 0) is 83.5 Å². The van der Waals surface area contributed by atoms with Crippen molar-refractivity contribution in [3.05, 3.63) is 72.9 Å². The molecule has 2 unspecified atom stereocenters. The maximum absolute atomic E-state index is 12.7. The fourth-order valence-electron chi connectivity index (χ4n) is 5.92. The largest absolute Gasteiger partial charge is 0.756 e. The molecule has 0 spiro atoms. The first-order chi connectivity index (χ1) is 28.1. The lowest BCUT2D eigenvalue weighted by atomic mass is 10.1. The molecule has 336 valence electrons. The van der Waals surface area contributed by atoms with Crippen LogP contribution in [0.15, 0.2) is 72.9 Å². The van der Waals surface area contributed by atoms with E-state index in [0.717, 1.165) is 70.6 Å². The van der Waals surface area contributed by atoms with E-state index in [0.29, 0.717) is 24.1 Å². The van der Waals surface area contributed by atoms with E-state index in [1.165, 1.54) is 77.0 Å². The number of quaternary nitrogens is 1. The van der Waals surface area contributed by atoms with E-state index in [1.54, 1.807) is 0 Å². The first kappa shape index (κ1) is 55.9. The van der Waals surface area contributed by atoms with Gasteiger partial charge in [0.05, 0.1) is 34.4 Å². The van der Waals surface area contributed by atoms with Crippen molar-refractivity contribution in [2.45, 2.75) is 180 Å². The summed E-state index contributed by atoms with van der Waals surface area (Å²) < 4.78 is 34.6. The van der Waals surface area contributed by atoms with Gasteiger partial charge < -0.3 is 27.9 Å². The molecule has 9 heteroatoms. The summed E-state index contributed by atoms with van der Waals surface area (Å²) in [7, 11) is 1.32. The van der Waals surface area contributed by atoms with Crippen molar-refractivity contribution in [3.8, 4) is 0 Å². The summed E-state index contributed by atoms with van der Waals surface area (Å²) in [5.41, 5.74) is 0. The standard InChI is InChI=1S/C49H88NO7P/c1-6-8-10-12-14-16-18-20-22-24-25-26-28-30-32-34-36-38-40-42-49(51)57-48(47-56-58(52,53)55-45-43-50(3,4)5)46-54-44-41-39-37-35-33-31-29-27-23-21-19-17-15-13-11-9-7-2/h8,10,14,16,20,22-23,25-27,30,32,48H,6-7,9,11-13,15,17-19,21,24,28-29,31,33-47H2,1-5H3/b10-8-,16-14-,22-20-,26-25-,27-23-,32-30-. The van der Waals surface area contributed by atoms with Gasteiger partial charge in [0.15, 0.2) is 0 Å². The summed E-state index contributed by atoms with van der Waals surface area (Å²) in [4.78, 5) is 25.1. The molecule has 2 atom stereocenters. The molecule has 0 saturated heterocycles. The van der Waals surface area contributed by atoms with E-state index in [4.69, 9.17) is 18.5 Å². The van der Waals surface area contributed by atoms with E-state index < -0.39 is 13.9 Å². The van der Waals surface area contributed by atoms with Gasteiger partial charge in [-0.25, -0.2) is 0 Å². The lowest BCUT2D eigenvalue weighted by Crippen LogP contribution is -2.37. The van der Waals surface area contributed by atoms with E-state index in [9.17, 15) is 14.3 Å². The monoisotopic (exact) mass is 834 g/mol. The predicted octanol–water partition coefficient (Wildman–Crippen LogP) is 13.3. The Kier molecular flexibility index (Phi) is 40.2. The van der Waals surface area contributed by atoms with Gasteiger partial charge in [-0.3, -0.25) is 9.36 Å². The number of hydrogen-bond donors (Lipinski definition) is 0. The van der Waals surface area contributed by atoms with Gasteiger partial charge in [0.25, 0.3) is 7.82 Å². The zero-order valence-corrected chi connectivity index (χ0v) is 38.9. The predicted molar refractivity (Wildman–Crippen MR) is 245 cm³/mol. The highest BCUT2D eigenvalue weighted by Gasteiger charge is 2.20. The first-order valence-electron chi connectivity index (χ1n) is 23.2. The highest BCUT2D eigenvalue weighted by atomic mass is 31.2. The summed E-state index contributed by atoms with van der Waals surface area (Å²) in [6.45, 7) is 5.22. The summed E-state index contributed by atoms with van der Waals surface area (Å²) >= 11 is 0. The second-order valence-corrected chi connectivity index (χ2v) is 17.8. The van der Waals surface area contributed by atoms with Crippen LogP contribution in [0.1, 0.15) is 174 Å². The van der Waals surface area contributed by atoms with Crippen molar-refractivity contribution in [1.82, 2.24) is 0 Å². The van der Waals surface area contributed by atoms with Gasteiger partial charge in [0.2, 0.25) is 0 Å². The topological polar surface area (TPSA) is 94.1 Å². The quantitative estimate of drug-likeness (QED) is 0.0199. The van der Waals surface area contributed by atoms with Crippen LogP contribution in [0.4, 0.5) is 0 Å². The van der Waals surface area contributed by atoms with Crippen molar-refractivity contribution < 1.29 is 37.3 Å².